The van der Waals surface area contributed by atoms with Crippen LogP contribution in [0.25, 0.3) is 0 Å². The van der Waals surface area contributed by atoms with Crippen LogP contribution in [0.4, 0.5) is 0 Å². The molecule has 102 valence electrons. The third-order valence-corrected chi connectivity index (χ3v) is 3.58. The normalized spacial score (nSPS) is 23.0. The molecular formula is C13H11N3O4. The number of ketones is 2. The van der Waals surface area contributed by atoms with Gasteiger partial charge in [-0.25, -0.2) is 9.97 Å². The zero-order valence-corrected chi connectivity index (χ0v) is 10.5. The van der Waals surface area contributed by atoms with Crippen molar-refractivity contribution in [1.82, 2.24) is 14.9 Å². The van der Waals surface area contributed by atoms with Gasteiger partial charge in [0.1, 0.15) is 12.1 Å². The Morgan fingerprint density at radius 1 is 1.15 bits per heavy atom. The van der Waals surface area contributed by atoms with Crippen molar-refractivity contribution in [3.63, 3.8) is 0 Å². The Bertz CT molecular complexity index is 640. The molecule has 3 rings (SSSR count). The maximum atomic E-state index is 12.3. The second kappa shape index (κ2) is 4.59. The lowest BCUT2D eigenvalue weighted by Crippen LogP contribution is -2.53. The molecule has 1 aromatic rings. The van der Waals surface area contributed by atoms with Gasteiger partial charge in [0.25, 0.3) is 5.91 Å². The highest BCUT2D eigenvalue weighted by atomic mass is 16.2. The molecule has 2 amide bonds. The molecule has 1 unspecified atom stereocenters. The van der Waals surface area contributed by atoms with E-state index in [1.807, 2.05) is 0 Å². The van der Waals surface area contributed by atoms with Crippen molar-refractivity contribution in [1.29, 1.82) is 0 Å². The molecule has 0 spiro atoms. The first kappa shape index (κ1) is 12.6. The molecule has 0 radical (unpaired) electrons. The average molecular weight is 273 g/mol. The Morgan fingerprint density at radius 2 is 1.95 bits per heavy atom. The van der Waals surface area contributed by atoms with Gasteiger partial charge in [-0.2, -0.15) is 0 Å². The molecule has 0 saturated heterocycles. The Kier molecular flexibility index (Phi) is 2.89. The van der Waals surface area contributed by atoms with Gasteiger partial charge in [-0.05, 0) is 6.42 Å². The molecule has 0 N–H and O–H groups in total. The summed E-state index contributed by atoms with van der Waals surface area (Å²) in [7, 11) is 0. The molecule has 1 aromatic heterocycles. The predicted molar refractivity (Wildman–Crippen MR) is 64.6 cm³/mol. The number of imide groups is 1. The summed E-state index contributed by atoms with van der Waals surface area (Å²) in [6, 6.07) is -0.832. The second-order valence-corrected chi connectivity index (χ2v) is 4.87. The fourth-order valence-electron chi connectivity index (χ4n) is 2.59. The lowest BCUT2D eigenvalue weighted by molar-refractivity contribution is -0.141. The van der Waals surface area contributed by atoms with Crippen molar-refractivity contribution in [2.75, 3.05) is 0 Å². The van der Waals surface area contributed by atoms with Crippen molar-refractivity contribution < 1.29 is 19.2 Å². The van der Waals surface area contributed by atoms with E-state index in [-0.39, 0.29) is 42.8 Å². The van der Waals surface area contributed by atoms with E-state index < -0.39 is 17.9 Å². The first-order valence-electron chi connectivity index (χ1n) is 6.27. The number of rotatable bonds is 1. The fourth-order valence-corrected chi connectivity index (χ4v) is 2.59. The van der Waals surface area contributed by atoms with E-state index in [2.05, 4.69) is 9.97 Å². The summed E-state index contributed by atoms with van der Waals surface area (Å²) in [4.78, 5) is 56.2. The summed E-state index contributed by atoms with van der Waals surface area (Å²) < 4.78 is 0. The van der Waals surface area contributed by atoms with Crippen molar-refractivity contribution in [2.45, 2.75) is 31.7 Å². The van der Waals surface area contributed by atoms with Gasteiger partial charge in [0.2, 0.25) is 5.91 Å². The number of carbonyl (C=O) groups excluding carboxylic acids is 4. The molecule has 0 aromatic carbocycles. The van der Waals surface area contributed by atoms with Gasteiger partial charge in [-0.1, -0.05) is 0 Å². The van der Waals surface area contributed by atoms with Crippen LogP contribution in [0.15, 0.2) is 12.5 Å². The maximum absolute atomic E-state index is 12.3. The number of carbonyl (C=O) groups is 4. The summed E-state index contributed by atoms with van der Waals surface area (Å²) in [5, 5.41) is 0. The van der Waals surface area contributed by atoms with Gasteiger partial charge in [0.05, 0.1) is 30.1 Å². The summed E-state index contributed by atoms with van der Waals surface area (Å²) in [5.74, 6) is -1.52. The van der Waals surface area contributed by atoms with Crippen molar-refractivity contribution in [2.24, 2.45) is 0 Å². The number of hydrogen-bond donors (Lipinski definition) is 0. The van der Waals surface area contributed by atoms with Crippen LogP contribution >= 0.6 is 0 Å². The molecular weight excluding hydrogens is 262 g/mol. The van der Waals surface area contributed by atoms with Crippen LogP contribution < -0.4 is 0 Å². The van der Waals surface area contributed by atoms with E-state index >= 15 is 0 Å². The topological polar surface area (TPSA) is 97.3 Å². The molecule has 7 nitrogen and oxygen atoms in total. The minimum Gasteiger partial charge on any atom is -0.299 e. The minimum absolute atomic E-state index is 0.0265. The van der Waals surface area contributed by atoms with Crippen molar-refractivity contribution in [3.8, 4) is 0 Å². The third-order valence-electron chi connectivity index (χ3n) is 3.58. The Morgan fingerprint density at radius 3 is 2.70 bits per heavy atom. The molecule has 1 atom stereocenters. The van der Waals surface area contributed by atoms with Crippen LogP contribution in [-0.2, 0) is 20.8 Å². The highest BCUT2D eigenvalue weighted by Gasteiger charge is 2.41. The first-order valence-corrected chi connectivity index (χ1v) is 6.27. The van der Waals surface area contributed by atoms with E-state index in [0.29, 0.717) is 5.69 Å². The van der Waals surface area contributed by atoms with Gasteiger partial charge in [0, 0.05) is 12.6 Å². The van der Waals surface area contributed by atoms with Gasteiger partial charge in [-0.3, -0.25) is 24.1 Å². The largest absolute Gasteiger partial charge is 0.299 e. The van der Waals surface area contributed by atoms with Crippen LogP contribution in [0.5, 0.6) is 0 Å². The molecule has 1 aliphatic carbocycles. The van der Waals surface area contributed by atoms with Crippen LogP contribution in [0, 0.1) is 0 Å². The van der Waals surface area contributed by atoms with Crippen LogP contribution in [0.2, 0.25) is 0 Å². The lowest BCUT2D eigenvalue weighted by Gasteiger charge is -2.33. The van der Waals surface area contributed by atoms with E-state index in [4.69, 9.17) is 0 Å². The number of amides is 2. The molecule has 1 saturated carbocycles. The van der Waals surface area contributed by atoms with Crippen LogP contribution in [0.1, 0.15) is 35.3 Å². The molecule has 20 heavy (non-hydrogen) atoms. The van der Waals surface area contributed by atoms with Crippen molar-refractivity contribution >= 4 is 23.4 Å². The highest BCUT2D eigenvalue weighted by molar-refractivity contribution is 6.14. The van der Waals surface area contributed by atoms with Crippen molar-refractivity contribution in [3.05, 3.63) is 23.8 Å². The van der Waals surface area contributed by atoms with Crippen LogP contribution in [-0.4, -0.2) is 44.3 Å². The second-order valence-electron chi connectivity index (χ2n) is 4.87. The number of fused-ring (bicyclic) bond motifs is 1. The van der Waals surface area contributed by atoms with Gasteiger partial charge < -0.3 is 0 Å². The Hall–Kier alpha value is -2.44. The SMILES string of the molecule is O=C1CCC(N2C(=O)Cc3ncncc3C2=O)C(=O)C1. The van der Waals surface area contributed by atoms with Crippen LogP contribution in [0.3, 0.4) is 0 Å². The zero-order valence-electron chi connectivity index (χ0n) is 10.5. The van der Waals surface area contributed by atoms with E-state index in [1.165, 1.54) is 12.5 Å². The van der Waals surface area contributed by atoms with Gasteiger partial charge in [-0.15, -0.1) is 0 Å². The van der Waals surface area contributed by atoms with E-state index in [0.717, 1.165) is 4.90 Å². The Labute approximate surface area is 114 Å². The van der Waals surface area contributed by atoms with E-state index in [9.17, 15) is 19.2 Å². The summed E-state index contributed by atoms with van der Waals surface area (Å²) >= 11 is 0. The fraction of sp³-hybridized carbons (Fsp3) is 0.385. The third kappa shape index (κ3) is 1.91. The molecule has 2 aliphatic rings. The number of nitrogens with zero attached hydrogens (tertiary/aromatic N) is 3. The predicted octanol–water partition coefficient (Wildman–Crippen LogP) is -0.308. The smallest absolute Gasteiger partial charge is 0.264 e. The van der Waals surface area contributed by atoms with Gasteiger partial charge >= 0.3 is 0 Å². The average Bonchev–Trinajstić information content (AvgIpc) is 2.41. The minimum atomic E-state index is -0.832. The Balaban J connectivity index is 1.95. The monoisotopic (exact) mass is 273 g/mol. The number of Topliss-reactive ketones (excluding diaryl/α,β-unsaturated/α-hetero) is 2. The lowest BCUT2D eigenvalue weighted by atomic mass is 9.90. The summed E-state index contributed by atoms with van der Waals surface area (Å²) in [5.41, 5.74) is 0.627. The highest BCUT2D eigenvalue weighted by Crippen LogP contribution is 2.24. The van der Waals surface area contributed by atoms with Gasteiger partial charge in [0.15, 0.2) is 5.78 Å². The summed E-state index contributed by atoms with van der Waals surface area (Å²) in [6.45, 7) is 0. The molecule has 0 bridgehead atoms. The number of aromatic nitrogens is 2. The summed E-state index contributed by atoms with van der Waals surface area (Å²) in [6.07, 6.45) is 2.81. The first-order chi connectivity index (χ1) is 9.58. The quantitative estimate of drug-likeness (QED) is 0.514. The maximum Gasteiger partial charge on any atom is 0.264 e. The molecule has 1 aliphatic heterocycles. The van der Waals surface area contributed by atoms with E-state index in [1.54, 1.807) is 0 Å². The molecule has 2 heterocycles. The standard InChI is InChI=1S/C13H11N3O4/c17-7-1-2-10(11(18)3-7)16-12(19)4-9-8(13(16)20)5-14-6-15-9/h5-6,10H,1-4H2. The number of hydrogen-bond acceptors (Lipinski definition) is 6. The molecule has 7 heteroatoms. The zero-order chi connectivity index (χ0) is 14.3. The molecule has 1 fully saturated rings.